The van der Waals surface area contributed by atoms with Gasteiger partial charge in [0.25, 0.3) is 0 Å². The Morgan fingerprint density at radius 1 is 1.16 bits per heavy atom. The summed E-state index contributed by atoms with van der Waals surface area (Å²) in [6.45, 7) is 10.4. The molecule has 0 radical (unpaired) electrons. The van der Waals surface area contributed by atoms with Crippen molar-refractivity contribution in [1.82, 2.24) is 4.90 Å². The molecule has 0 aliphatic carbocycles. The van der Waals surface area contributed by atoms with Crippen LogP contribution in [0.2, 0.25) is 5.02 Å². The van der Waals surface area contributed by atoms with Gasteiger partial charge in [-0.2, -0.15) is 0 Å². The number of carbonyl (C=O) groups excluding carboxylic acids is 1. The highest BCUT2D eigenvalue weighted by Gasteiger charge is 2.28. The van der Waals surface area contributed by atoms with E-state index in [4.69, 9.17) is 16.3 Å². The van der Waals surface area contributed by atoms with Gasteiger partial charge in [0, 0.05) is 26.2 Å². The molecule has 0 spiro atoms. The maximum atomic E-state index is 12.8. The van der Waals surface area contributed by atoms with Crippen molar-refractivity contribution in [2.24, 2.45) is 5.92 Å². The van der Waals surface area contributed by atoms with Crippen LogP contribution in [-0.4, -0.2) is 68.6 Å². The first-order valence-electron chi connectivity index (χ1n) is 11.2. The van der Waals surface area contributed by atoms with Crippen LogP contribution in [0.15, 0.2) is 18.2 Å². The van der Waals surface area contributed by atoms with Gasteiger partial charge in [0.15, 0.2) is 9.84 Å². The molecule has 2 heterocycles. The summed E-state index contributed by atoms with van der Waals surface area (Å²) in [5.41, 5.74) is 1.88. The van der Waals surface area contributed by atoms with E-state index < -0.39 is 9.84 Å². The number of sulfone groups is 1. The number of benzene rings is 1. The minimum Gasteiger partial charge on any atom is -0.372 e. The highest BCUT2D eigenvalue weighted by Crippen LogP contribution is 2.30. The zero-order valence-corrected chi connectivity index (χ0v) is 20.6. The van der Waals surface area contributed by atoms with Crippen molar-refractivity contribution in [3.63, 3.8) is 0 Å². The third kappa shape index (κ3) is 6.36. The lowest BCUT2D eigenvalue weighted by Crippen LogP contribution is -2.45. The molecular formula is C23H35ClN2O4S. The first kappa shape index (κ1) is 24.3. The summed E-state index contributed by atoms with van der Waals surface area (Å²) in [7, 11) is -3.04. The third-order valence-electron chi connectivity index (χ3n) is 6.28. The fourth-order valence-electron chi connectivity index (χ4n) is 4.45. The Kier molecular flexibility index (Phi) is 7.92. The monoisotopic (exact) mass is 470 g/mol. The average Bonchev–Trinajstić information content (AvgIpc) is 2.67. The van der Waals surface area contributed by atoms with Gasteiger partial charge in [0.1, 0.15) is 0 Å². The van der Waals surface area contributed by atoms with Crippen molar-refractivity contribution < 1.29 is 17.9 Å². The Morgan fingerprint density at radius 3 is 2.32 bits per heavy atom. The highest BCUT2D eigenvalue weighted by molar-refractivity contribution is 7.91. The molecule has 2 aliphatic rings. The summed E-state index contributed by atoms with van der Waals surface area (Å²) >= 11 is 6.57. The molecule has 0 N–H and O–H groups in total. The lowest BCUT2D eigenvalue weighted by Gasteiger charge is -2.37. The van der Waals surface area contributed by atoms with E-state index in [1.54, 1.807) is 13.8 Å². The topological polar surface area (TPSA) is 66.9 Å². The molecule has 2 saturated heterocycles. The Labute approximate surface area is 191 Å². The quantitative estimate of drug-likeness (QED) is 0.636. The zero-order chi connectivity index (χ0) is 22.8. The van der Waals surface area contributed by atoms with Crippen molar-refractivity contribution in [3.05, 3.63) is 28.8 Å². The van der Waals surface area contributed by atoms with Crippen molar-refractivity contribution in [1.29, 1.82) is 0 Å². The second kappa shape index (κ2) is 10.1. The van der Waals surface area contributed by atoms with Gasteiger partial charge >= 0.3 is 0 Å². The van der Waals surface area contributed by atoms with Crippen LogP contribution in [0.25, 0.3) is 0 Å². The average molecular weight is 471 g/mol. The number of nitrogens with zero attached hydrogens (tertiary/aromatic N) is 2. The first-order chi connectivity index (χ1) is 14.5. The molecule has 0 saturated carbocycles. The number of hydrogen-bond donors (Lipinski definition) is 0. The van der Waals surface area contributed by atoms with Crippen LogP contribution in [0.5, 0.6) is 0 Å². The summed E-state index contributed by atoms with van der Waals surface area (Å²) in [6, 6.07) is 5.87. The number of likely N-dealkylation sites (tertiary alicyclic amines) is 1. The van der Waals surface area contributed by atoms with Crippen molar-refractivity contribution >= 4 is 33.0 Å². The Hall–Kier alpha value is -1.31. The smallest absolute Gasteiger partial charge is 0.226 e. The van der Waals surface area contributed by atoms with Crippen LogP contribution >= 0.6 is 11.6 Å². The van der Waals surface area contributed by atoms with Crippen molar-refractivity contribution in [2.45, 2.75) is 64.4 Å². The molecule has 1 amide bonds. The first-order valence-corrected chi connectivity index (χ1v) is 13.3. The largest absolute Gasteiger partial charge is 0.372 e. The maximum Gasteiger partial charge on any atom is 0.226 e. The number of piperidine rings is 1. The number of anilines is 1. The predicted octanol–water partition coefficient (Wildman–Crippen LogP) is 3.56. The lowest BCUT2D eigenvalue weighted by atomic mass is 9.98. The van der Waals surface area contributed by atoms with E-state index in [1.165, 1.54) is 0 Å². The van der Waals surface area contributed by atoms with Crippen LogP contribution < -0.4 is 4.90 Å². The van der Waals surface area contributed by atoms with E-state index in [0.29, 0.717) is 24.5 Å². The van der Waals surface area contributed by atoms with E-state index >= 15 is 0 Å². The van der Waals surface area contributed by atoms with Gasteiger partial charge in [-0.05, 0) is 64.2 Å². The fraction of sp³-hybridized carbons (Fsp3) is 0.696. The Balaban J connectivity index is 1.55. The number of halogens is 1. The number of ether oxygens (including phenoxy) is 1. The number of hydrogen-bond acceptors (Lipinski definition) is 5. The van der Waals surface area contributed by atoms with Gasteiger partial charge in [0.05, 0.1) is 40.3 Å². The Morgan fingerprint density at radius 2 is 1.77 bits per heavy atom. The molecule has 6 nitrogen and oxygen atoms in total. The molecule has 0 unspecified atom stereocenters. The van der Waals surface area contributed by atoms with Crippen LogP contribution in [0.3, 0.4) is 0 Å². The van der Waals surface area contributed by atoms with E-state index in [9.17, 15) is 13.2 Å². The number of morpholine rings is 1. The lowest BCUT2D eigenvalue weighted by molar-refractivity contribution is -0.131. The molecule has 31 heavy (non-hydrogen) atoms. The summed E-state index contributed by atoms with van der Waals surface area (Å²) in [6.07, 6.45) is 2.10. The summed E-state index contributed by atoms with van der Waals surface area (Å²) in [5.74, 6) is 0.439. The second-order valence-electron chi connectivity index (χ2n) is 9.33. The van der Waals surface area contributed by atoms with Gasteiger partial charge in [-0.15, -0.1) is 0 Å². The molecule has 0 aromatic heterocycles. The van der Waals surface area contributed by atoms with Crippen LogP contribution in [0.1, 0.15) is 46.1 Å². The summed E-state index contributed by atoms with van der Waals surface area (Å²) < 4.78 is 30.1. The van der Waals surface area contributed by atoms with E-state index in [-0.39, 0.29) is 35.0 Å². The van der Waals surface area contributed by atoms with Gasteiger partial charge in [0.2, 0.25) is 5.91 Å². The van der Waals surface area contributed by atoms with Crippen LogP contribution in [0.4, 0.5) is 5.69 Å². The minimum atomic E-state index is -3.04. The second-order valence-corrected chi connectivity index (χ2v) is 12.3. The fourth-order valence-corrected chi connectivity index (χ4v) is 6.15. The number of amides is 1. The van der Waals surface area contributed by atoms with Gasteiger partial charge in [-0.25, -0.2) is 8.42 Å². The minimum absolute atomic E-state index is 0.0719. The van der Waals surface area contributed by atoms with Crippen LogP contribution in [-0.2, 0) is 25.8 Å². The molecule has 2 fully saturated rings. The highest BCUT2D eigenvalue weighted by atomic mass is 35.5. The van der Waals surface area contributed by atoms with Crippen molar-refractivity contribution in [2.75, 3.05) is 36.8 Å². The summed E-state index contributed by atoms with van der Waals surface area (Å²) in [5, 5.41) is 0.313. The summed E-state index contributed by atoms with van der Waals surface area (Å²) in [4.78, 5) is 16.9. The molecule has 1 aromatic carbocycles. The standard InChI is InChI=1S/C23H35ClN2O4S/c1-16(2)31(28,29)15-19-7-9-25(10-8-19)23(27)12-20-5-6-22(21(24)11-20)26-13-17(3)30-18(4)14-26/h5-6,11,16-19H,7-10,12-15H2,1-4H3/t17-,18+. The van der Waals surface area contributed by atoms with Crippen LogP contribution in [0, 0.1) is 5.92 Å². The SMILES string of the molecule is CC(C)S(=O)(=O)CC1CCN(C(=O)Cc2ccc(N3C[C@@H](C)O[C@@H](C)C3)c(Cl)c2)CC1. The number of carbonyl (C=O) groups is 1. The van der Waals surface area contributed by atoms with Crippen molar-refractivity contribution in [3.8, 4) is 0 Å². The Bertz CT molecular complexity index is 872. The molecule has 0 bridgehead atoms. The number of rotatable bonds is 6. The molecular weight excluding hydrogens is 436 g/mol. The maximum absolute atomic E-state index is 12.8. The molecule has 3 rings (SSSR count). The predicted molar refractivity (Wildman–Crippen MR) is 126 cm³/mol. The van der Waals surface area contributed by atoms with Gasteiger partial charge in [-0.1, -0.05) is 17.7 Å². The molecule has 8 heteroatoms. The van der Waals surface area contributed by atoms with E-state index in [1.807, 2.05) is 23.1 Å². The van der Waals surface area contributed by atoms with E-state index in [2.05, 4.69) is 18.7 Å². The third-order valence-corrected chi connectivity index (χ3v) is 8.96. The normalized spacial score (nSPS) is 23.4. The molecule has 2 atom stereocenters. The molecule has 1 aromatic rings. The molecule has 2 aliphatic heterocycles. The van der Waals surface area contributed by atoms with Gasteiger partial charge in [-0.3, -0.25) is 4.79 Å². The van der Waals surface area contributed by atoms with E-state index in [0.717, 1.165) is 37.2 Å². The molecule has 174 valence electrons. The zero-order valence-electron chi connectivity index (χ0n) is 19.0. The van der Waals surface area contributed by atoms with Gasteiger partial charge < -0.3 is 14.5 Å².